The molecule has 7 heteroatoms. The van der Waals surface area contributed by atoms with Crippen molar-refractivity contribution in [2.24, 2.45) is 5.92 Å². The van der Waals surface area contributed by atoms with Gasteiger partial charge in [-0.05, 0) is 0 Å². The number of allylic oxidation sites excluding steroid dienone is 2. The van der Waals surface area contributed by atoms with E-state index >= 15 is 0 Å². The summed E-state index contributed by atoms with van der Waals surface area (Å²) in [4.78, 5) is 6.05. The van der Waals surface area contributed by atoms with Crippen LogP contribution in [0.3, 0.4) is 0 Å². The van der Waals surface area contributed by atoms with Crippen LogP contribution in [0.15, 0.2) is 28.9 Å². The molecule has 0 amide bonds. The van der Waals surface area contributed by atoms with Crippen LogP contribution in [0.25, 0.3) is 5.70 Å². The second-order valence-corrected chi connectivity index (χ2v) is 8.04. The molecule has 2 aliphatic rings. The molecule has 0 bridgehead atoms. The molecule has 1 fully saturated rings. The van der Waals surface area contributed by atoms with Crippen molar-refractivity contribution in [3.63, 3.8) is 0 Å². The average Bonchev–Trinajstić information content (AvgIpc) is 2.55. The predicted octanol–water partition coefficient (Wildman–Crippen LogP) is 3.73. The molecule has 1 aromatic heterocycles. The van der Waals surface area contributed by atoms with Gasteiger partial charge in [-0.2, -0.15) is 0 Å². The van der Waals surface area contributed by atoms with Crippen molar-refractivity contribution in [1.29, 1.82) is 0 Å². The quantitative estimate of drug-likeness (QED) is 0.507. The van der Waals surface area contributed by atoms with E-state index < -0.39 is 5.95 Å². The predicted molar refractivity (Wildman–Crippen MR) is 94.0 cm³/mol. The number of aromatic nitrogens is 1. The van der Waals surface area contributed by atoms with E-state index in [0.717, 1.165) is 42.8 Å². The molecule has 0 aliphatic carbocycles. The topological polar surface area (TPSA) is 25.4 Å². The Bertz CT molecular complexity index is 649. The summed E-state index contributed by atoms with van der Waals surface area (Å²) >= 11 is 12.5. The normalized spacial score (nSPS) is 22.8. The summed E-state index contributed by atoms with van der Waals surface area (Å²) in [5.74, 6) is 0.0302. The van der Waals surface area contributed by atoms with E-state index in [1.807, 2.05) is 6.08 Å². The van der Waals surface area contributed by atoms with Gasteiger partial charge in [0.2, 0.25) is 0 Å². The fourth-order valence-electron chi connectivity index (χ4n) is 2.91. The molecule has 2 radical (unpaired) electrons. The van der Waals surface area contributed by atoms with E-state index in [2.05, 4.69) is 48.7 Å². The fraction of sp³-hybridized carbons (Fsp3) is 0.438. The zero-order valence-corrected chi connectivity index (χ0v) is 16.6. The third kappa shape index (κ3) is 4.01. The third-order valence-corrected chi connectivity index (χ3v) is 6.01. The Morgan fingerprint density at radius 1 is 1.43 bits per heavy atom. The first-order valence-electron chi connectivity index (χ1n) is 7.48. The van der Waals surface area contributed by atoms with E-state index in [-0.39, 0.29) is 4.83 Å². The van der Waals surface area contributed by atoms with Crippen LogP contribution in [0.4, 0.5) is 4.39 Å². The molecule has 0 N–H and O–H groups in total. The van der Waals surface area contributed by atoms with Crippen molar-refractivity contribution in [3.8, 4) is 0 Å². The van der Waals surface area contributed by atoms with Gasteiger partial charge in [0.05, 0.1) is 0 Å². The zero-order valence-electron chi connectivity index (χ0n) is 12.4. The van der Waals surface area contributed by atoms with E-state index in [9.17, 15) is 4.39 Å². The van der Waals surface area contributed by atoms with Crippen LogP contribution < -0.4 is 0 Å². The van der Waals surface area contributed by atoms with Crippen LogP contribution in [0.2, 0.25) is 5.02 Å². The Morgan fingerprint density at radius 2 is 2.17 bits per heavy atom. The van der Waals surface area contributed by atoms with Crippen LogP contribution in [0, 0.1) is 11.9 Å². The van der Waals surface area contributed by atoms with Gasteiger partial charge in [-0.25, -0.2) is 0 Å². The maximum absolute atomic E-state index is 13.6. The van der Waals surface area contributed by atoms with Gasteiger partial charge in [-0.1, -0.05) is 0 Å². The number of halogens is 3. The van der Waals surface area contributed by atoms with Crippen molar-refractivity contribution in [2.45, 2.75) is 17.7 Å². The summed E-state index contributed by atoms with van der Waals surface area (Å²) in [5.41, 5.74) is 1.58. The SMILES string of the molecule is Fc1cc(C2=C(Br)C=CC([As])N2CC2CCOCC2)c(Cl)cn1. The Balaban J connectivity index is 1.95. The molecule has 122 valence electrons. The van der Waals surface area contributed by atoms with Gasteiger partial charge in [0.15, 0.2) is 0 Å². The number of hydrogen-bond acceptors (Lipinski definition) is 3. The minimum absolute atomic E-state index is 0.161. The summed E-state index contributed by atoms with van der Waals surface area (Å²) < 4.78 is 20.0. The van der Waals surface area contributed by atoms with Crippen molar-refractivity contribution in [3.05, 3.63) is 45.4 Å². The van der Waals surface area contributed by atoms with Gasteiger partial charge in [0, 0.05) is 0 Å². The molecule has 0 spiro atoms. The van der Waals surface area contributed by atoms with Crippen molar-refractivity contribution >= 4 is 50.1 Å². The number of ether oxygens (including phenoxy) is 1. The Morgan fingerprint density at radius 3 is 2.91 bits per heavy atom. The summed E-state index contributed by atoms with van der Waals surface area (Å²) in [7, 11) is 0. The molecule has 1 saturated heterocycles. The van der Waals surface area contributed by atoms with Gasteiger partial charge in [0.25, 0.3) is 0 Å². The number of nitrogens with zero attached hydrogens (tertiary/aromatic N) is 2. The van der Waals surface area contributed by atoms with Crippen molar-refractivity contribution in [1.82, 2.24) is 9.88 Å². The summed E-state index contributed by atoms with van der Waals surface area (Å²) in [6.45, 7) is 2.50. The number of pyridine rings is 1. The molecule has 1 atom stereocenters. The van der Waals surface area contributed by atoms with E-state index in [0.29, 0.717) is 16.5 Å². The van der Waals surface area contributed by atoms with Gasteiger partial charge in [0.1, 0.15) is 0 Å². The molecule has 1 unspecified atom stereocenters. The average molecular weight is 462 g/mol. The second kappa shape index (κ2) is 7.69. The third-order valence-electron chi connectivity index (χ3n) is 4.12. The minimum atomic E-state index is -0.528. The molecular weight excluding hydrogens is 445 g/mol. The monoisotopic (exact) mass is 460 g/mol. The van der Waals surface area contributed by atoms with Crippen molar-refractivity contribution < 1.29 is 9.13 Å². The number of rotatable bonds is 3. The Kier molecular flexibility index (Phi) is 5.84. The molecule has 0 aromatic carbocycles. The van der Waals surface area contributed by atoms with Crippen LogP contribution in [-0.4, -0.2) is 51.3 Å². The zero-order chi connectivity index (χ0) is 16.4. The Labute approximate surface area is 157 Å². The van der Waals surface area contributed by atoms with Gasteiger partial charge in [-0.3, -0.25) is 0 Å². The standard InChI is InChI=1S/C16H16AsBrClFN2O/c17-14-2-1-12(18)16(11-7-15(20)21-8-13(11)19)22(14)9-10-3-5-23-6-4-10/h1-2,7-8,10,14H,3-6,9H2. The van der Waals surface area contributed by atoms with Crippen LogP contribution in [0.1, 0.15) is 18.4 Å². The molecule has 3 heterocycles. The maximum atomic E-state index is 13.6. The molecule has 3 rings (SSSR count). The molecule has 3 nitrogen and oxygen atoms in total. The van der Waals surface area contributed by atoms with Crippen molar-refractivity contribution in [2.75, 3.05) is 19.8 Å². The first-order valence-corrected chi connectivity index (χ1v) is 9.73. The molecule has 1 aromatic rings. The number of hydrogen-bond donors (Lipinski definition) is 0. The second-order valence-electron chi connectivity index (χ2n) is 5.66. The first kappa shape index (κ1) is 17.5. The van der Waals surface area contributed by atoms with Crippen LogP contribution in [-0.2, 0) is 4.74 Å². The molecule has 2 aliphatic heterocycles. The van der Waals surface area contributed by atoms with Crippen LogP contribution >= 0.6 is 27.5 Å². The first-order chi connectivity index (χ1) is 11.1. The van der Waals surface area contributed by atoms with E-state index in [1.54, 1.807) is 0 Å². The Hall–Kier alpha value is -0.352. The van der Waals surface area contributed by atoms with Crippen LogP contribution in [0.5, 0.6) is 0 Å². The molecular formula is C16H16AsBrClFN2O. The molecule has 23 heavy (non-hydrogen) atoms. The van der Waals surface area contributed by atoms with E-state index in [4.69, 9.17) is 16.3 Å². The molecule has 0 saturated carbocycles. The summed E-state index contributed by atoms with van der Waals surface area (Å²) in [6, 6.07) is 1.40. The summed E-state index contributed by atoms with van der Waals surface area (Å²) in [6.07, 6.45) is 7.56. The van der Waals surface area contributed by atoms with E-state index in [1.165, 1.54) is 12.3 Å². The van der Waals surface area contributed by atoms with Gasteiger partial charge in [-0.15, -0.1) is 0 Å². The summed E-state index contributed by atoms with van der Waals surface area (Å²) in [5, 5.41) is 0.449. The van der Waals surface area contributed by atoms with Gasteiger partial charge < -0.3 is 0 Å². The fourth-order valence-corrected chi connectivity index (χ4v) is 4.31. The van der Waals surface area contributed by atoms with Gasteiger partial charge >= 0.3 is 158 Å².